The third-order valence-corrected chi connectivity index (χ3v) is 7.96. The zero-order valence-electron chi connectivity index (χ0n) is 20.1. The number of carbonyl (C=O) groups excluding carboxylic acids is 1. The smallest absolute Gasteiger partial charge is 0.254 e. The number of carbonyl (C=O) groups is 1. The van der Waals surface area contributed by atoms with Gasteiger partial charge < -0.3 is 14.4 Å². The minimum Gasteiger partial charge on any atom is -0.477 e. The summed E-state index contributed by atoms with van der Waals surface area (Å²) in [6.07, 6.45) is 6.64. The summed E-state index contributed by atoms with van der Waals surface area (Å²) < 4.78 is 25.8. The molecule has 2 N–H and O–H groups in total. The lowest BCUT2D eigenvalue weighted by Gasteiger charge is -2.32. The average molecular weight is 500 g/mol. The van der Waals surface area contributed by atoms with E-state index >= 15 is 0 Å². The van der Waals surface area contributed by atoms with E-state index in [-0.39, 0.29) is 11.7 Å². The van der Waals surface area contributed by atoms with E-state index in [9.17, 15) is 9.18 Å². The normalized spacial score (nSPS) is 19.7. The van der Waals surface area contributed by atoms with Crippen molar-refractivity contribution in [1.29, 1.82) is 0 Å². The van der Waals surface area contributed by atoms with Crippen molar-refractivity contribution in [3.8, 4) is 5.88 Å². The molecule has 188 valence electrons. The molecule has 1 aromatic heterocycles. The zero-order chi connectivity index (χ0) is 24.2. The van der Waals surface area contributed by atoms with Crippen molar-refractivity contribution >= 4 is 17.9 Å². The second-order valence-electron chi connectivity index (χ2n) is 10.1. The van der Waals surface area contributed by atoms with Crippen molar-refractivity contribution in [3.63, 3.8) is 0 Å². The van der Waals surface area contributed by atoms with Gasteiger partial charge >= 0.3 is 0 Å². The fourth-order valence-corrected chi connectivity index (χ4v) is 5.40. The van der Waals surface area contributed by atoms with Crippen molar-refractivity contribution < 1.29 is 18.7 Å². The van der Waals surface area contributed by atoms with Crippen LogP contribution in [-0.4, -0.2) is 48.7 Å². The Labute approximate surface area is 210 Å². The largest absolute Gasteiger partial charge is 0.477 e. The Hall–Kier alpha value is -2.16. The van der Waals surface area contributed by atoms with Gasteiger partial charge in [0, 0.05) is 54.4 Å². The molecule has 5 rings (SSSR count). The molecular formula is C27H34FN3O3S. The van der Waals surface area contributed by atoms with E-state index in [2.05, 4.69) is 0 Å². The highest BCUT2D eigenvalue weighted by Gasteiger charge is 2.29. The Morgan fingerprint density at radius 1 is 1.09 bits per heavy atom. The Kier molecular flexibility index (Phi) is 7.90. The van der Waals surface area contributed by atoms with E-state index in [0.29, 0.717) is 60.9 Å². The molecule has 3 aliphatic rings. The van der Waals surface area contributed by atoms with Crippen LogP contribution in [0.5, 0.6) is 5.88 Å². The number of benzene rings is 1. The Morgan fingerprint density at radius 2 is 1.86 bits per heavy atom. The van der Waals surface area contributed by atoms with Gasteiger partial charge in [0.25, 0.3) is 5.91 Å². The van der Waals surface area contributed by atoms with E-state index in [0.717, 1.165) is 74.3 Å². The molecule has 0 bridgehead atoms. The third kappa shape index (κ3) is 6.35. The van der Waals surface area contributed by atoms with E-state index in [4.69, 9.17) is 19.6 Å². The number of nitrogens with two attached hydrogens (primary N) is 1. The molecule has 0 unspecified atom stereocenters. The van der Waals surface area contributed by atoms with E-state index < -0.39 is 0 Å². The maximum atomic E-state index is 14.3. The molecule has 6 nitrogen and oxygen atoms in total. The SMILES string of the molecule is NSc1ccc(F)c(CC2CCN(C(=O)c3cc(OCC4CCOCC4)nc(C4CC4)c3)CC2)c1. The first kappa shape index (κ1) is 24.5. The average Bonchev–Trinajstić information content (AvgIpc) is 3.75. The van der Waals surface area contributed by atoms with Gasteiger partial charge in [0.2, 0.25) is 5.88 Å². The van der Waals surface area contributed by atoms with Crippen LogP contribution >= 0.6 is 11.9 Å². The Bertz CT molecular complexity index is 1030. The first-order valence-corrected chi connectivity index (χ1v) is 13.6. The number of rotatable bonds is 8. The standard InChI is InChI=1S/C27H34FN3O3S/c28-24-4-3-23(35-29)14-21(24)13-18-5-9-31(10-6-18)27(32)22-15-25(20-1-2-20)30-26(16-22)34-17-19-7-11-33-12-8-19/h3-4,14-16,18-20H,1-2,5-13,17,29H2. The summed E-state index contributed by atoms with van der Waals surface area (Å²) >= 11 is 1.14. The van der Waals surface area contributed by atoms with Crippen LogP contribution in [0.3, 0.4) is 0 Å². The highest BCUT2D eigenvalue weighted by molar-refractivity contribution is 7.97. The fourth-order valence-electron chi connectivity index (χ4n) is 5.04. The van der Waals surface area contributed by atoms with Gasteiger partial charge in [-0.3, -0.25) is 9.93 Å². The Balaban J connectivity index is 1.21. The molecule has 1 aliphatic carbocycles. The predicted octanol–water partition coefficient (Wildman–Crippen LogP) is 4.96. The first-order valence-electron chi connectivity index (χ1n) is 12.8. The summed E-state index contributed by atoms with van der Waals surface area (Å²) in [5.74, 6) is 1.69. The van der Waals surface area contributed by atoms with Gasteiger partial charge in [0.05, 0.1) is 6.61 Å². The summed E-state index contributed by atoms with van der Waals surface area (Å²) in [5, 5.41) is 5.64. The minimum atomic E-state index is -0.182. The number of likely N-dealkylation sites (tertiary alicyclic amines) is 1. The number of amides is 1. The quantitative estimate of drug-likeness (QED) is 0.517. The number of hydrogen-bond donors (Lipinski definition) is 1. The minimum absolute atomic E-state index is 0.0383. The number of halogens is 1. The van der Waals surface area contributed by atoms with Gasteiger partial charge in [-0.05, 0) is 98.6 Å². The molecule has 35 heavy (non-hydrogen) atoms. The summed E-state index contributed by atoms with van der Waals surface area (Å²) in [5.41, 5.74) is 2.35. The lowest BCUT2D eigenvalue weighted by molar-refractivity contribution is 0.0489. The van der Waals surface area contributed by atoms with Crippen LogP contribution in [-0.2, 0) is 11.2 Å². The number of piperidine rings is 1. The molecule has 3 fully saturated rings. The molecule has 1 aromatic carbocycles. The maximum Gasteiger partial charge on any atom is 0.254 e. The predicted molar refractivity (Wildman–Crippen MR) is 134 cm³/mol. The van der Waals surface area contributed by atoms with Crippen LogP contribution in [0.1, 0.15) is 66.1 Å². The lowest BCUT2D eigenvalue weighted by atomic mass is 9.89. The molecule has 1 saturated carbocycles. The van der Waals surface area contributed by atoms with Crippen LogP contribution in [0.25, 0.3) is 0 Å². The van der Waals surface area contributed by atoms with Gasteiger partial charge in [-0.2, -0.15) is 0 Å². The van der Waals surface area contributed by atoms with Crippen LogP contribution in [0.15, 0.2) is 35.2 Å². The van der Waals surface area contributed by atoms with Crippen LogP contribution < -0.4 is 9.88 Å². The highest BCUT2D eigenvalue weighted by Crippen LogP contribution is 2.40. The monoisotopic (exact) mass is 499 g/mol. The van der Waals surface area contributed by atoms with Crippen LogP contribution in [0.4, 0.5) is 4.39 Å². The van der Waals surface area contributed by atoms with Crippen molar-refractivity contribution in [3.05, 3.63) is 53.0 Å². The van der Waals surface area contributed by atoms with Gasteiger partial charge in [-0.1, -0.05) is 0 Å². The molecule has 0 atom stereocenters. The molecule has 0 radical (unpaired) electrons. The summed E-state index contributed by atoms with van der Waals surface area (Å²) in [4.78, 5) is 20.9. The van der Waals surface area contributed by atoms with Crippen molar-refractivity contribution in [1.82, 2.24) is 9.88 Å². The number of aromatic nitrogens is 1. The summed E-state index contributed by atoms with van der Waals surface area (Å²) in [6, 6.07) is 8.81. The van der Waals surface area contributed by atoms with E-state index in [1.165, 1.54) is 6.07 Å². The molecule has 1 amide bonds. The zero-order valence-corrected chi connectivity index (χ0v) is 20.9. The summed E-state index contributed by atoms with van der Waals surface area (Å²) in [7, 11) is 0. The number of nitrogens with zero attached hydrogens (tertiary/aromatic N) is 2. The third-order valence-electron chi connectivity index (χ3n) is 7.44. The molecule has 3 heterocycles. The van der Waals surface area contributed by atoms with Gasteiger partial charge in [-0.25, -0.2) is 9.37 Å². The molecule has 2 aliphatic heterocycles. The van der Waals surface area contributed by atoms with Gasteiger partial charge in [-0.15, -0.1) is 0 Å². The van der Waals surface area contributed by atoms with Gasteiger partial charge in [0.1, 0.15) is 5.82 Å². The van der Waals surface area contributed by atoms with Crippen LogP contribution in [0, 0.1) is 17.7 Å². The second-order valence-corrected chi connectivity index (χ2v) is 10.8. The molecule has 0 spiro atoms. The van der Waals surface area contributed by atoms with Crippen molar-refractivity contribution in [2.45, 2.75) is 55.8 Å². The molecule has 2 saturated heterocycles. The lowest BCUT2D eigenvalue weighted by Crippen LogP contribution is -2.39. The van der Waals surface area contributed by atoms with E-state index in [1.54, 1.807) is 6.07 Å². The number of pyridine rings is 1. The summed E-state index contributed by atoms with van der Waals surface area (Å²) in [6.45, 7) is 3.54. The van der Waals surface area contributed by atoms with E-state index in [1.807, 2.05) is 23.1 Å². The van der Waals surface area contributed by atoms with Crippen molar-refractivity contribution in [2.24, 2.45) is 17.0 Å². The number of ether oxygens (including phenoxy) is 2. The topological polar surface area (TPSA) is 77.7 Å². The second kappa shape index (κ2) is 11.3. The molecule has 8 heteroatoms. The van der Waals surface area contributed by atoms with Crippen molar-refractivity contribution in [2.75, 3.05) is 32.9 Å². The van der Waals surface area contributed by atoms with Crippen LogP contribution in [0.2, 0.25) is 0 Å². The molecular weight excluding hydrogens is 465 g/mol. The highest BCUT2D eigenvalue weighted by atomic mass is 32.2. The fraction of sp³-hybridized carbons (Fsp3) is 0.556. The maximum absolute atomic E-state index is 14.3. The molecule has 2 aromatic rings. The Morgan fingerprint density at radius 3 is 2.57 bits per heavy atom. The first-order chi connectivity index (χ1) is 17.1. The van der Waals surface area contributed by atoms with Gasteiger partial charge in [0.15, 0.2) is 0 Å². The number of hydrogen-bond acceptors (Lipinski definition) is 6.